The molecule has 0 radical (unpaired) electrons. The van der Waals surface area contributed by atoms with Crippen molar-refractivity contribution in [3.8, 4) is 0 Å². The normalized spacial score (nSPS) is 22.0. The Hall–Kier alpha value is -1.50. The first kappa shape index (κ1) is 15.9. The van der Waals surface area contributed by atoms with E-state index < -0.39 is 0 Å². The summed E-state index contributed by atoms with van der Waals surface area (Å²) >= 11 is 0. The van der Waals surface area contributed by atoms with E-state index in [4.69, 9.17) is 0 Å². The molecule has 2 N–H and O–H groups in total. The van der Waals surface area contributed by atoms with Gasteiger partial charge in [-0.15, -0.1) is 0 Å². The van der Waals surface area contributed by atoms with Gasteiger partial charge in [0.05, 0.1) is 12.6 Å². The lowest BCUT2D eigenvalue weighted by Crippen LogP contribution is -2.54. The van der Waals surface area contributed by atoms with E-state index in [9.17, 15) is 9.90 Å². The Bertz CT molecular complexity index is 452. The SMILES string of the molecule is C[C@@H]1CN(CC(=O)Nc2ccncc2)CCN1C[C@@H](C)O. The van der Waals surface area contributed by atoms with Gasteiger partial charge in [0.2, 0.25) is 5.91 Å². The van der Waals surface area contributed by atoms with Crippen LogP contribution in [-0.2, 0) is 4.79 Å². The third kappa shape index (κ3) is 5.08. The maximum atomic E-state index is 12.0. The van der Waals surface area contributed by atoms with Gasteiger partial charge in [0, 0.05) is 50.3 Å². The molecule has 1 aliphatic heterocycles. The van der Waals surface area contributed by atoms with Crippen molar-refractivity contribution in [3.05, 3.63) is 24.5 Å². The first-order valence-corrected chi connectivity index (χ1v) is 7.39. The predicted molar refractivity (Wildman–Crippen MR) is 82.0 cm³/mol. The highest BCUT2D eigenvalue weighted by Gasteiger charge is 2.25. The van der Waals surface area contributed by atoms with Crippen LogP contribution in [-0.4, -0.2) is 70.7 Å². The molecule has 6 nitrogen and oxygen atoms in total. The van der Waals surface area contributed by atoms with E-state index in [0.29, 0.717) is 19.1 Å². The lowest BCUT2D eigenvalue weighted by Gasteiger charge is -2.40. The summed E-state index contributed by atoms with van der Waals surface area (Å²) in [5, 5.41) is 12.3. The Morgan fingerprint density at radius 3 is 2.81 bits per heavy atom. The monoisotopic (exact) mass is 292 g/mol. The molecule has 116 valence electrons. The third-order valence-electron chi connectivity index (χ3n) is 3.68. The number of carbonyl (C=O) groups excluding carboxylic acids is 1. The number of hydrogen-bond acceptors (Lipinski definition) is 5. The topological polar surface area (TPSA) is 68.7 Å². The second kappa shape index (κ2) is 7.49. The highest BCUT2D eigenvalue weighted by Crippen LogP contribution is 2.10. The van der Waals surface area contributed by atoms with Crippen LogP contribution in [0.1, 0.15) is 13.8 Å². The molecule has 0 spiro atoms. The first-order chi connectivity index (χ1) is 10.0. The number of hydrogen-bond donors (Lipinski definition) is 2. The highest BCUT2D eigenvalue weighted by atomic mass is 16.3. The van der Waals surface area contributed by atoms with Gasteiger partial charge in [-0.25, -0.2) is 0 Å². The fourth-order valence-corrected chi connectivity index (χ4v) is 2.66. The fraction of sp³-hybridized carbons (Fsp3) is 0.600. The number of carbonyl (C=O) groups is 1. The largest absolute Gasteiger partial charge is 0.392 e. The second-order valence-electron chi connectivity index (χ2n) is 5.71. The van der Waals surface area contributed by atoms with E-state index >= 15 is 0 Å². The van der Waals surface area contributed by atoms with E-state index in [-0.39, 0.29) is 12.0 Å². The van der Waals surface area contributed by atoms with Gasteiger partial charge in [-0.05, 0) is 26.0 Å². The van der Waals surface area contributed by atoms with Crippen molar-refractivity contribution in [3.63, 3.8) is 0 Å². The number of nitrogens with one attached hydrogen (secondary N) is 1. The van der Waals surface area contributed by atoms with Crippen LogP contribution in [0.15, 0.2) is 24.5 Å². The first-order valence-electron chi connectivity index (χ1n) is 7.39. The van der Waals surface area contributed by atoms with Gasteiger partial charge in [0.25, 0.3) is 0 Å². The van der Waals surface area contributed by atoms with E-state index in [1.165, 1.54) is 0 Å². The zero-order valence-corrected chi connectivity index (χ0v) is 12.7. The van der Waals surface area contributed by atoms with Crippen LogP contribution in [0.4, 0.5) is 5.69 Å². The molecule has 1 aliphatic rings. The van der Waals surface area contributed by atoms with Gasteiger partial charge < -0.3 is 10.4 Å². The number of piperazine rings is 1. The van der Waals surface area contributed by atoms with Crippen molar-refractivity contribution >= 4 is 11.6 Å². The molecule has 21 heavy (non-hydrogen) atoms. The minimum atomic E-state index is -0.311. The number of pyridine rings is 1. The van der Waals surface area contributed by atoms with Gasteiger partial charge in [0.15, 0.2) is 0 Å². The van der Waals surface area contributed by atoms with Crippen LogP contribution >= 0.6 is 0 Å². The predicted octanol–water partition coefficient (Wildman–Crippen LogP) is 0.407. The number of anilines is 1. The molecule has 1 aromatic heterocycles. The minimum absolute atomic E-state index is 0.00243. The average molecular weight is 292 g/mol. The summed E-state index contributed by atoms with van der Waals surface area (Å²) in [7, 11) is 0. The van der Waals surface area contributed by atoms with E-state index in [0.717, 1.165) is 25.3 Å². The second-order valence-corrected chi connectivity index (χ2v) is 5.71. The summed E-state index contributed by atoms with van der Waals surface area (Å²) in [4.78, 5) is 20.4. The van der Waals surface area contributed by atoms with Crippen LogP contribution in [0.5, 0.6) is 0 Å². The van der Waals surface area contributed by atoms with Crippen molar-refractivity contribution in [2.24, 2.45) is 0 Å². The number of aromatic nitrogens is 1. The van der Waals surface area contributed by atoms with Gasteiger partial charge >= 0.3 is 0 Å². The van der Waals surface area contributed by atoms with Crippen LogP contribution in [0.3, 0.4) is 0 Å². The van der Waals surface area contributed by atoms with Crippen molar-refractivity contribution < 1.29 is 9.90 Å². The van der Waals surface area contributed by atoms with Gasteiger partial charge in [-0.1, -0.05) is 0 Å². The van der Waals surface area contributed by atoms with Gasteiger partial charge in [-0.3, -0.25) is 19.6 Å². The van der Waals surface area contributed by atoms with Crippen LogP contribution in [0.25, 0.3) is 0 Å². The lowest BCUT2D eigenvalue weighted by atomic mass is 10.1. The minimum Gasteiger partial charge on any atom is -0.392 e. The molecule has 1 saturated heterocycles. The Balaban J connectivity index is 1.78. The van der Waals surface area contributed by atoms with Gasteiger partial charge in [0.1, 0.15) is 0 Å². The van der Waals surface area contributed by atoms with E-state index in [1.807, 2.05) is 0 Å². The lowest BCUT2D eigenvalue weighted by molar-refractivity contribution is -0.118. The maximum absolute atomic E-state index is 12.0. The number of amides is 1. The molecular weight excluding hydrogens is 268 g/mol. The molecule has 0 aliphatic carbocycles. The molecule has 1 aromatic rings. The molecule has 2 rings (SSSR count). The smallest absolute Gasteiger partial charge is 0.238 e. The molecule has 0 saturated carbocycles. The summed E-state index contributed by atoms with van der Waals surface area (Å²) in [6, 6.07) is 3.91. The fourth-order valence-electron chi connectivity index (χ4n) is 2.66. The molecule has 0 bridgehead atoms. The Morgan fingerprint density at radius 1 is 1.48 bits per heavy atom. The van der Waals surface area contributed by atoms with Crippen LogP contribution in [0.2, 0.25) is 0 Å². The van der Waals surface area contributed by atoms with Gasteiger partial charge in [-0.2, -0.15) is 0 Å². The average Bonchev–Trinajstić information content (AvgIpc) is 2.42. The highest BCUT2D eigenvalue weighted by molar-refractivity contribution is 5.92. The van der Waals surface area contributed by atoms with E-state index in [1.54, 1.807) is 31.5 Å². The summed E-state index contributed by atoms with van der Waals surface area (Å²) in [6.07, 6.45) is 3.01. The van der Waals surface area contributed by atoms with Crippen molar-refractivity contribution in [2.75, 3.05) is 38.0 Å². The Morgan fingerprint density at radius 2 is 2.19 bits per heavy atom. The molecular formula is C15H24N4O2. The molecule has 2 atom stereocenters. The zero-order valence-electron chi connectivity index (χ0n) is 12.7. The van der Waals surface area contributed by atoms with E-state index in [2.05, 4.69) is 27.0 Å². The van der Waals surface area contributed by atoms with Crippen molar-refractivity contribution in [2.45, 2.75) is 26.0 Å². The number of nitrogens with zero attached hydrogens (tertiary/aromatic N) is 3. The Labute approximate surface area is 125 Å². The maximum Gasteiger partial charge on any atom is 0.238 e. The third-order valence-corrected chi connectivity index (χ3v) is 3.68. The van der Waals surface area contributed by atoms with Crippen molar-refractivity contribution in [1.82, 2.24) is 14.8 Å². The Kier molecular flexibility index (Phi) is 5.67. The summed E-state index contributed by atoms with van der Waals surface area (Å²) in [6.45, 7) is 7.61. The standard InChI is InChI=1S/C15H24N4O2/c1-12-9-18(7-8-19(12)10-13(2)20)11-15(21)17-14-3-5-16-6-4-14/h3-6,12-13,20H,7-11H2,1-2H3,(H,16,17,21)/t12-,13-/m1/s1. The quantitative estimate of drug-likeness (QED) is 0.822. The number of aliphatic hydroxyl groups excluding tert-OH is 1. The number of β-amino-alcohol motifs (C(OH)–C–C–N with tert-alkyl or cyclic N) is 1. The molecule has 0 unspecified atom stereocenters. The summed E-state index contributed by atoms with van der Waals surface area (Å²) < 4.78 is 0. The molecule has 2 heterocycles. The molecule has 1 amide bonds. The van der Waals surface area contributed by atoms with Crippen LogP contribution in [0, 0.1) is 0 Å². The zero-order chi connectivity index (χ0) is 15.2. The molecule has 0 aromatic carbocycles. The van der Waals surface area contributed by atoms with Crippen molar-refractivity contribution in [1.29, 1.82) is 0 Å². The number of rotatable bonds is 5. The summed E-state index contributed by atoms with van der Waals surface area (Å²) in [5.41, 5.74) is 0.774. The molecule has 1 fully saturated rings. The molecule has 6 heteroatoms. The summed E-state index contributed by atoms with van der Waals surface area (Å²) in [5.74, 6) is -0.00243. The van der Waals surface area contributed by atoms with Crippen LogP contribution < -0.4 is 5.32 Å². The number of aliphatic hydroxyl groups is 1.